The lowest BCUT2D eigenvalue weighted by molar-refractivity contribution is -0.149. The summed E-state index contributed by atoms with van der Waals surface area (Å²) in [6.07, 6.45) is 7.21. The first-order valence-corrected chi connectivity index (χ1v) is 6.42. The summed E-state index contributed by atoms with van der Waals surface area (Å²) in [5.41, 5.74) is 10.4. The minimum absolute atomic E-state index is 0.0217. The second-order valence-corrected chi connectivity index (χ2v) is 4.52. The van der Waals surface area contributed by atoms with E-state index in [0.717, 1.165) is 38.5 Å². The van der Waals surface area contributed by atoms with Gasteiger partial charge < -0.3 is 16.2 Å². The largest absolute Gasteiger partial charge is 0.465 e. The predicted molar refractivity (Wildman–Crippen MR) is 67.4 cm³/mol. The molecule has 98 valence electrons. The second kappa shape index (κ2) is 7.92. The van der Waals surface area contributed by atoms with E-state index in [1.54, 1.807) is 0 Å². The third kappa shape index (κ3) is 6.14. The van der Waals surface area contributed by atoms with Crippen molar-refractivity contribution >= 4 is 11.9 Å². The first kappa shape index (κ1) is 13.8. The molecule has 1 aliphatic rings. The Hall–Kier alpha value is -1.26. The molecule has 0 aromatic rings. The number of carbonyl (C=O) groups is 1. The SMILES string of the molecule is NC(N)=NCCCCOC(=O)C1CCCCC1. The number of carbonyl (C=O) groups excluding carboxylic acids is 1. The Bertz CT molecular complexity index is 256. The van der Waals surface area contributed by atoms with E-state index in [0.29, 0.717) is 13.2 Å². The smallest absolute Gasteiger partial charge is 0.308 e. The molecular formula is C12H23N3O2. The molecule has 0 aromatic heterocycles. The first-order chi connectivity index (χ1) is 8.20. The molecule has 0 amide bonds. The van der Waals surface area contributed by atoms with Gasteiger partial charge in [-0.1, -0.05) is 19.3 Å². The summed E-state index contributed by atoms with van der Waals surface area (Å²) >= 11 is 0. The van der Waals surface area contributed by atoms with E-state index >= 15 is 0 Å². The van der Waals surface area contributed by atoms with Gasteiger partial charge in [0.2, 0.25) is 0 Å². The van der Waals surface area contributed by atoms with E-state index in [9.17, 15) is 4.79 Å². The van der Waals surface area contributed by atoms with Crippen LogP contribution in [0.15, 0.2) is 4.99 Å². The maximum Gasteiger partial charge on any atom is 0.308 e. The van der Waals surface area contributed by atoms with Crippen molar-refractivity contribution in [2.75, 3.05) is 13.2 Å². The standard InChI is InChI=1S/C12H23N3O2/c13-12(14)15-8-4-5-9-17-11(16)10-6-2-1-3-7-10/h10H,1-9H2,(H4,13,14,15). The topological polar surface area (TPSA) is 90.7 Å². The summed E-state index contributed by atoms with van der Waals surface area (Å²) < 4.78 is 5.24. The van der Waals surface area contributed by atoms with Gasteiger partial charge in [-0.15, -0.1) is 0 Å². The lowest BCUT2D eigenvalue weighted by Gasteiger charge is -2.19. The Morgan fingerprint density at radius 2 is 1.88 bits per heavy atom. The van der Waals surface area contributed by atoms with E-state index in [4.69, 9.17) is 16.2 Å². The Kier molecular flexibility index (Phi) is 6.43. The number of unbranched alkanes of at least 4 members (excludes halogenated alkanes) is 1. The molecule has 1 rings (SSSR count). The summed E-state index contributed by atoms with van der Waals surface area (Å²) in [5, 5.41) is 0. The van der Waals surface area contributed by atoms with Gasteiger partial charge in [-0.05, 0) is 25.7 Å². The van der Waals surface area contributed by atoms with Crippen LogP contribution in [0.2, 0.25) is 0 Å². The van der Waals surface area contributed by atoms with Crippen LogP contribution in [0, 0.1) is 5.92 Å². The van der Waals surface area contributed by atoms with Gasteiger partial charge in [0, 0.05) is 6.54 Å². The average Bonchev–Trinajstić information content (AvgIpc) is 2.34. The van der Waals surface area contributed by atoms with Crippen molar-refractivity contribution in [3.63, 3.8) is 0 Å². The molecule has 0 saturated heterocycles. The van der Waals surface area contributed by atoms with E-state index < -0.39 is 0 Å². The highest BCUT2D eigenvalue weighted by Gasteiger charge is 2.21. The van der Waals surface area contributed by atoms with Crippen molar-refractivity contribution in [3.05, 3.63) is 0 Å². The van der Waals surface area contributed by atoms with Crippen LogP contribution in [0.3, 0.4) is 0 Å². The van der Waals surface area contributed by atoms with E-state index in [1.807, 2.05) is 0 Å². The maximum atomic E-state index is 11.6. The zero-order valence-corrected chi connectivity index (χ0v) is 10.4. The fraction of sp³-hybridized carbons (Fsp3) is 0.833. The first-order valence-electron chi connectivity index (χ1n) is 6.42. The van der Waals surface area contributed by atoms with Crippen LogP contribution in [0.25, 0.3) is 0 Å². The monoisotopic (exact) mass is 241 g/mol. The molecule has 0 spiro atoms. The molecular weight excluding hydrogens is 218 g/mol. The minimum atomic E-state index is -0.0217. The van der Waals surface area contributed by atoms with Crippen LogP contribution in [-0.4, -0.2) is 25.1 Å². The molecule has 17 heavy (non-hydrogen) atoms. The molecule has 5 heteroatoms. The molecule has 0 unspecified atom stereocenters. The van der Waals surface area contributed by atoms with E-state index in [-0.39, 0.29) is 17.8 Å². The molecule has 0 heterocycles. The quantitative estimate of drug-likeness (QED) is 0.316. The number of ether oxygens (including phenoxy) is 1. The number of guanidine groups is 1. The van der Waals surface area contributed by atoms with Crippen LogP contribution >= 0.6 is 0 Å². The average molecular weight is 241 g/mol. The summed E-state index contributed by atoms with van der Waals surface area (Å²) in [6, 6.07) is 0. The zero-order valence-electron chi connectivity index (χ0n) is 10.4. The number of hydrogen-bond acceptors (Lipinski definition) is 3. The number of nitrogens with zero attached hydrogens (tertiary/aromatic N) is 1. The van der Waals surface area contributed by atoms with Crippen molar-refractivity contribution in [3.8, 4) is 0 Å². The third-order valence-corrected chi connectivity index (χ3v) is 3.03. The predicted octanol–water partition coefficient (Wildman–Crippen LogP) is 1.16. The van der Waals surface area contributed by atoms with Crippen molar-refractivity contribution in [1.82, 2.24) is 0 Å². The van der Waals surface area contributed by atoms with Crippen LogP contribution in [0.5, 0.6) is 0 Å². The minimum Gasteiger partial charge on any atom is -0.465 e. The Morgan fingerprint density at radius 3 is 2.53 bits per heavy atom. The van der Waals surface area contributed by atoms with Crippen LogP contribution in [-0.2, 0) is 9.53 Å². The van der Waals surface area contributed by atoms with Gasteiger partial charge in [0.15, 0.2) is 5.96 Å². The van der Waals surface area contributed by atoms with Crippen molar-refractivity contribution < 1.29 is 9.53 Å². The Labute approximate surface area is 103 Å². The van der Waals surface area contributed by atoms with Gasteiger partial charge in [-0.2, -0.15) is 0 Å². The molecule has 0 aromatic carbocycles. The van der Waals surface area contributed by atoms with Gasteiger partial charge in [-0.3, -0.25) is 9.79 Å². The fourth-order valence-electron chi connectivity index (χ4n) is 2.05. The third-order valence-electron chi connectivity index (χ3n) is 3.03. The van der Waals surface area contributed by atoms with E-state index in [2.05, 4.69) is 4.99 Å². The molecule has 4 N–H and O–H groups in total. The van der Waals surface area contributed by atoms with E-state index in [1.165, 1.54) is 6.42 Å². The maximum absolute atomic E-state index is 11.6. The van der Waals surface area contributed by atoms with Gasteiger partial charge in [0.05, 0.1) is 12.5 Å². The molecule has 5 nitrogen and oxygen atoms in total. The summed E-state index contributed by atoms with van der Waals surface area (Å²) in [4.78, 5) is 15.5. The molecule has 0 bridgehead atoms. The highest BCUT2D eigenvalue weighted by atomic mass is 16.5. The molecule has 0 radical (unpaired) electrons. The van der Waals surface area contributed by atoms with Gasteiger partial charge >= 0.3 is 5.97 Å². The highest BCUT2D eigenvalue weighted by Crippen LogP contribution is 2.24. The zero-order chi connectivity index (χ0) is 12.5. The second-order valence-electron chi connectivity index (χ2n) is 4.52. The molecule has 0 aliphatic heterocycles. The summed E-state index contributed by atoms with van der Waals surface area (Å²) in [5.74, 6) is 0.234. The summed E-state index contributed by atoms with van der Waals surface area (Å²) in [7, 11) is 0. The molecule has 0 atom stereocenters. The van der Waals surface area contributed by atoms with Crippen LogP contribution in [0.1, 0.15) is 44.9 Å². The fourth-order valence-corrected chi connectivity index (χ4v) is 2.05. The number of hydrogen-bond donors (Lipinski definition) is 2. The van der Waals surface area contributed by atoms with Gasteiger partial charge in [0.25, 0.3) is 0 Å². The normalized spacial score (nSPS) is 16.5. The molecule has 1 aliphatic carbocycles. The lowest BCUT2D eigenvalue weighted by Crippen LogP contribution is -2.23. The highest BCUT2D eigenvalue weighted by molar-refractivity contribution is 5.75. The molecule has 1 saturated carbocycles. The number of aliphatic imine (C=N–C) groups is 1. The summed E-state index contributed by atoms with van der Waals surface area (Å²) in [6.45, 7) is 1.08. The van der Waals surface area contributed by atoms with Gasteiger partial charge in [0.1, 0.15) is 0 Å². The van der Waals surface area contributed by atoms with Crippen LogP contribution in [0.4, 0.5) is 0 Å². The van der Waals surface area contributed by atoms with Crippen molar-refractivity contribution in [2.24, 2.45) is 22.4 Å². The van der Waals surface area contributed by atoms with Crippen LogP contribution < -0.4 is 11.5 Å². The van der Waals surface area contributed by atoms with Gasteiger partial charge in [-0.25, -0.2) is 0 Å². The van der Waals surface area contributed by atoms with Crippen molar-refractivity contribution in [2.45, 2.75) is 44.9 Å². The molecule has 1 fully saturated rings. The Morgan fingerprint density at radius 1 is 1.18 bits per heavy atom. The van der Waals surface area contributed by atoms with Crippen molar-refractivity contribution in [1.29, 1.82) is 0 Å². The number of esters is 1. The Balaban J connectivity index is 2.01. The number of rotatable bonds is 6. The number of nitrogens with two attached hydrogens (primary N) is 2. The lowest BCUT2D eigenvalue weighted by atomic mass is 9.89.